The van der Waals surface area contributed by atoms with Crippen LogP contribution in [0.5, 0.6) is 0 Å². The van der Waals surface area contributed by atoms with E-state index in [1.54, 1.807) is 16.9 Å². The molecule has 4 aromatic rings. The second-order valence-electron chi connectivity index (χ2n) is 9.20. The smallest absolute Gasteiger partial charge is 0.289 e. The van der Waals surface area contributed by atoms with Crippen molar-refractivity contribution in [2.24, 2.45) is 5.92 Å². The van der Waals surface area contributed by atoms with Crippen LogP contribution in [0.25, 0.3) is 11.3 Å². The van der Waals surface area contributed by atoms with Crippen molar-refractivity contribution in [3.8, 4) is 5.69 Å². The second-order valence-corrected chi connectivity index (χ2v) is 9.20. The number of hydrogen-bond acceptors (Lipinski definition) is 7. The number of benzene rings is 1. The molecule has 0 radical (unpaired) electrons. The predicted molar refractivity (Wildman–Crippen MR) is 134 cm³/mol. The number of carbonyl (C=O) groups is 1. The van der Waals surface area contributed by atoms with E-state index in [0.29, 0.717) is 30.6 Å². The largest absolute Gasteiger partial charge is 0.350 e. The van der Waals surface area contributed by atoms with Crippen LogP contribution in [0, 0.1) is 5.92 Å². The highest BCUT2D eigenvalue weighted by Gasteiger charge is 2.20. The lowest BCUT2D eigenvalue weighted by Gasteiger charge is -2.22. The minimum absolute atomic E-state index is 0.150. The summed E-state index contributed by atoms with van der Waals surface area (Å²) in [7, 11) is 0. The predicted octanol–water partition coefficient (Wildman–Crippen LogP) is 2.77. The van der Waals surface area contributed by atoms with Crippen LogP contribution < -0.4 is 16.0 Å². The first-order chi connectivity index (χ1) is 17.1. The summed E-state index contributed by atoms with van der Waals surface area (Å²) in [5.74, 6) is 1.05. The Balaban J connectivity index is 1.42. The molecular weight excluding hydrogens is 442 g/mol. The summed E-state index contributed by atoms with van der Waals surface area (Å²) in [5, 5.41) is 18.7. The zero-order valence-corrected chi connectivity index (χ0v) is 20.1. The molecule has 0 aliphatic carbocycles. The number of piperidine rings is 1. The summed E-state index contributed by atoms with van der Waals surface area (Å²) in [6.45, 7) is 7.27. The van der Waals surface area contributed by atoms with Crippen LogP contribution in [0.3, 0.4) is 0 Å². The standard InChI is InChI=1S/C25H31N9O/c1-17(2)20-16-30-34-23(20)31-22(24(35)27-14-18-8-11-26-12-9-18)32-25(34)28-15-19-6-3-4-7-21(19)33-13-5-10-29-33/h3-7,10,13,16-18,26H,8-9,11-12,14-15H2,1-2H3,(H,27,35)(H,28,31,32). The van der Waals surface area contributed by atoms with Gasteiger partial charge in [-0.3, -0.25) is 4.79 Å². The fraction of sp³-hybridized carbons (Fsp3) is 0.400. The van der Waals surface area contributed by atoms with Crippen molar-refractivity contribution < 1.29 is 4.79 Å². The number of nitrogens with one attached hydrogen (secondary N) is 3. The molecular formula is C25H31N9O. The van der Waals surface area contributed by atoms with E-state index in [1.165, 1.54) is 0 Å². The molecule has 10 heteroatoms. The van der Waals surface area contributed by atoms with Gasteiger partial charge in [-0.1, -0.05) is 32.0 Å². The van der Waals surface area contributed by atoms with E-state index in [-0.39, 0.29) is 17.6 Å². The van der Waals surface area contributed by atoms with E-state index in [4.69, 9.17) is 0 Å². The third kappa shape index (κ3) is 5.02. The Labute approximate surface area is 204 Å². The Morgan fingerprint density at radius 2 is 1.97 bits per heavy atom. The summed E-state index contributed by atoms with van der Waals surface area (Å²) in [4.78, 5) is 22.2. The van der Waals surface area contributed by atoms with Gasteiger partial charge in [-0.05, 0) is 55.5 Å². The molecule has 0 saturated carbocycles. The molecule has 0 spiro atoms. The van der Waals surface area contributed by atoms with Crippen molar-refractivity contribution in [2.75, 3.05) is 25.0 Å². The summed E-state index contributed by atoms with van der Waals surface area (Å²) in [6.07, 6.45) is 7.58. The first-order valence-corrected chi connectivity index (χ1v) is 12.2. The van der Waals surface area contributed by atoms with Crippen LogP contribution in [0.4, 0.5) is 5.95 Å². The molecule has 3 aromatic heterocycles. The van der Waals surface area contributed by atoms with Crippen molar-refractivity contribution >= 4 is 17.5 Å². The van der Waals surface area contributed by atoms with E-state index < -0.39 is 0 Å². The van der Waals surface area contributed by atoms with Crippen molar-refractivity contribution in [2.45, 2.75) is 39.2 Å². The van der Waals surface area contributed by atoms with Crippen LogP contribution >= 0.6 is 0 Å². The van der Waals surface area contributed by atoms with Crippen LogP contribution in [0.15, 0.2) is 48.9 Å². The fourth-order valence-electron chi connectivity index (χ4n) is 4.39. The maximum atomic E-state index is 13.0. The van der Waals surface area contributed by atoms with Crippen LogP contribution in [0.2, 0.25) is 0 Å². The van der Waals surface area contributed by atoms with E-state index >= 15 is 0 Å². The zero-order valence-electron chi connectivity index (χ0n) is 20.1. The summed E-state index contributed by atoms with van der Waals surface area (Å²) in [5.41, 5.74) is 3.62. The Morgan fingerprint density at radius 3 is 2.74 bits per heavy atom. The Morgan fingerprint density at radius 1 is 1.14 bits per heavy atom. The van der Waals surface area contributed by atoms with Crippen molar-refractivity contribution in [1.82, 2.24) is 40.0 Å². The van der Waals surface area contributed by atoms with Gasteiger partial charge in [-0.25, -0.2) is 9.67 Å². The number of hydrogen-bond donors (Lipinski definition) is 3. The number of rotatable bonds is 8. The van der Waals surface area contributed by atoms with Crippen LogP contribution in [-0.4, -0.2) is 54.9 Å². The summed E-state index contributed by atoms with van der Waals surface area (Å²) in [6, 6.07) is 9.92. The highest BCUT2D eigenvalue weighted by molar-refractivity contribution is 5.91. The van der Waals surface area contributed by atoms with Gasteiger partial charge in [-0.15, -0.1) is 0 Å². The summed E-state index contributed by atoms with van der Waals surface area (Å²) < 4.78 is 3.51. The van der Waals surface area contributed by atoms with Crippen molar-refractivity contribution in [3.05, 3.63) is 65.9 Å². The molecule has 1 aliphatic rings. The van der Waals surface area contributed by atoms with Gasteiger partial charge >= 0.3 is 0 Å². The zero-order chi connectivity index (χ0) is 24.2. The molecule has 1 aliphatic heterocycles. The lowest BCUT2D eigenvalue weighted by atomic mass is 9.98. The molecule has 1 saturated heterocycles. The van der Waals surface area contributed by atoms with Gasteiger partial charge in [-0.2, -0.15) is 19.7 Å². The van der Waals surface area contributed by atoms with Gasteiger partial charge in [0.2, 0.25) is 11.8 Å². The highest BCUT2D eigenvalue weighted by atomic mass is 16.2. The van der Waals surface area contributed by atoms with Crippen molar-refractivity contribution in [1.29, 1.82) is 0 Å². The SMILES string of the molecule is CC(C)c1cnn2c(NCc3ccccc3-n3cccn3)nc(C(=O)NCC3CCNCC3)nc12. The number of nitrogens with zero attached hydrogens (tertiary/aromatic N) is 6. The third-order valence-electron chi connectivity index (χ3n) is 6.41. The van der Waals surface area contributed by atoms with Crippen LogP contribution in [-0.2, 0) is 6.54 Å². The topological polar surface area (TPSA) is 114 Å². The second kappa shape index (κ2) is 10.2. The van der Waals surface area contributed by atoms with Gasteiger partial charge < -0.3 is 16.0 Å². The van der Waals surface area contributed by atoms with E-state index in [9.17, 15) is 4.79 Å². The number of aromatic nitrogens is 6. The summed E-state index contributed by atoms with van der Waals surface area (Å²) >= 11 is 0. The monoisotopic (exact) mass is 473 g/mol. The number of fused-ring (bicyclic) bond motifs is 1. The van der Waals surface area contributed by atoms with E-state index in [0.717, 1.165) is 42.7 Å². The Hall–Kier alpha value is -3.79. The normalized spacial score (nSPS) is 14.5. The number of anilines is 1. The Bertz CT molecular complexity index is 1290. The highest BCUT2D eigenvalue weighted by Crippen LogP contribution is 2.22. The average Bonchev–Trinajstić information content (AvgIpc) is 3.57. The lowest BCUT2D eigenvalue weighted by molar-refractivity contribution is 0.0934. The number of amides is 1. The van der Waals surface area contributed by atoms with Gasteiger partial charge in [0, 0.05) is 31.0 Å². The maximum absolute atomic E-state index is 13.0. The molecule has 1 aromatic carbocycles. The van der Waals surface area contributed by atoms with Gasteiger partial charge in [0.15, 0.2) is 5.65 Å². The molecule has 4 heterocycles. The number of para-hydroxylation sites is 1. The minimum atomic E-state index is -0.262. The molecule has 0 atom stereocenters. The van der Waals surface area contributed by atoms with E-state index in [1.807, 2.05) is 41.2 Å². The van der Waals surface area contributed by atoms with Gasteiger partial charge in [0.25, 0.3) is 5.91 Å². The molecule has 35 heavy (non-hydrogen) atoms. The van der Waals surface area contributed by atoms with Crippen LogP contribution in [0.1, 0.15) is 54.4 Å². The first kappa shape index (κ1) is 23.0. The molecule has 10 nitrogen and oxygen atoms in total. The Kier molecular flexibility index (Phi) is 6.71. The lowest BCUT2D eigenvalue weighted by Crippen LogP contribution is -2.36. The quantitative estimate of drug-likeness (QED) is 0.361. The molecule has 1 fully saturated rings. The van der Waals surface area contributed by atoms with Gasteiger partial charge in [0.05, 0.1) is 11.9 Å². The fourth-order valence-corrected chi connectivity index (χ4v) is 4.39. The molecule has 0 bridgehead atoms. The molecule has 3 N–H and O–H groups in total. The molecule has 5 rings (SSSR count). The minimum Gasteiger partial charge on any atom is -0.350 e. The van der Waals surface area contributed by atoms with Gasteiger partial charge in [0.1, 0.15) is 0 Å². The number of carbonyl (C=O) groups excluding carboxylic acids is 1. The molecule has 182 valence electrons. The third-order valence-corrected chi connectivity index (χ3v) is 6.41. The molecule has 1 amide bonds. The van der Waals surface area contributed by atoms with Crippen molar-refractivity contribution in [3.63, 3.8) is 0 Å². The molecule has 0 unspecified atom stereocenters. The van der Waals surface area contributed by atoms with E-state index in [2.05, 4.69) is 50.0 Å². The first-order valence-electron chi connectivity index (χ1n) is 12.2. The maximum Gasteiger partial charge on any atom is 0.289 e. The average molecular weight is 474 g/mol.